The van der Waals surface area contributed by atoms with Gasteiger partial charge in [-0.1, -0.05) is 30.7 Å². The number of benzene rings is 1. The first kappa shape index (κ1) is 18.8. The fourth-order valence-corrected chi connectivity index (χ4v) is 3.21. The van der Waals surface area contributed by atoms with Crippen LogP contribution < -0.4 is 10.6 Å². The van der Waals surface area contributed by atoms with Gasteiger partial charge in [-0.05, 0) is 58.2 Å². The summed E-state index contributed by atoms with van der Waals surface area (Å²) in [5.74, 6) is 0.851. The molecular weight excluding hydrogens is 296 g/mol. The largest absolute Gasteiger partial charge is 0.352 e. The summed E-state index contributed by atoms with van der Waals surface area (Å²) in [6, 6.07) is 9.45. The molecule has 0 aromatic heterocycles. The van der Waals surface area contributed by atoms with E-state index < -0.39 is 0 Å². The lowest BCUT2D eigenvalue weighted by Gasteiger charge is -2.34. The second kappa shape index (κ2) is 8.52. The van der Waals surface area contributed by atoms with Gasteiger partial charge in [-0.2, -0.15) is 0 Å². The highest BCUT2D eigenvalue weighted by Crippen LogP contribution is 2.20. The smallest absolute Gasteiger partial charge is 0.191 e. The van der Waals surface area contributed by atoms with Crippen molar-refractivity contribution in [2.75, 3.05) is 13.6 Å². The van der Waals surface area contributed by atoms with Crippen molar-refractivity contribution in [2.24, 2.45) is 4.99 Å². The molecule has 24 heavy (non-hydrogen) atoms. The zero-order valence-electron chi connectivity index (χ0n) is 16.0. The minimum absolute atomic E-state index is 0.00456. The Bertz CT molecular complexity index is 545. The summed E-state index contributed by atoms with van der Waals surface area (Å²) in [5, 5.41) is 6.86. The molecule has 1 aromatic carbocycles. The van der Waals surface area contributed by atoms with Gasteiger partial charge in [0.15, 0.2) is 5.96 Å². The minimum Gasteiger partial charge on any atom is -0.352 e. The van der Waals surface area contributed by atoms with Crippen LogP contribution >= 0.6 is 0 Å². The fraction of sp³-hybridized carbons (Fsp3) is 0.650. The number of rotatable bonds is 4. The molecule has 2 rings (SSSR count). The third kappa shape index (κ3) is 5.82. The maximum Gasteiger partial charge on any atom is 0.191 e. The molecule has 1 aromatic rings. The highest BCUT2D eigenvalue weighted by molar-refractivity contribution is 5.80. The zero-order valence-corrected chi connectivity index (χ0v) is 16.0. The Labute approximate surface area is 147 Å². The molecule has 0 radical (unpaired) electrons. The molecule has 1 unspecified atom stereocenters. The molecule has 134 valence electrons. The normalized spacial score (nSPS) is 20.0. The van der Waals surface area contributed by atoms with Crippen LogP contribution in [0.3, 0.4) is 0 Å². The van der Waals surface area contributed by atoms with Gasteiger partial charge in [0.05, 0.1) is 0 Å². The summed E-state index contributed by atoms with van der Waals surface area (Å²) >= 11 is 0. The molecule has 1 fully saturated rings. The van der Waals surface area contributed by atoms with Gasteiger partial charge in [0.1, 0.15) is 0 Å². The lowest BCUT2D eigenvalue weighted by Crippen LogP contribution is -2.47. The predicted octanol–water partition coefficient (Wildman–Crippen LogP) is 3.52. The van der Waals surface area contributed by atoms with E-state index in [1.807, 2.05) is 7.05 Å². The van der Waals surface area contributed by atoms with E-state index in [1.165, 1.54) is 36.9 Å². The predicted molar refractivity (Wildman–Crippen MR) is 103 cm³/mol. The van der Waals surface area contributed by atoms with Crippen LogP contribution in [0, 0.1) is 0 Å². The Hall–Kier alpha value is -1.55. The second-order valence-corrected chi connectivity index (χ2v) is 7.88. The highest BCUT2D eigenvalue weighted by Gasteiger charge is 2.19. The van der Waals surface area contributed by atoms with Crippen molar-refractivity contribution in [2.45, 2.75) is 71.6 Å². The number of aliphatic imine (C=N–C) groups is 1. The molecule has 1 aliphatic heterocycles. The summed E-state index contributed by atoms with van der Waals surface area (Å²) in [7, 11) is 1.82. The molecule has 0 spiro atoms. The monoisotopic (exact) mass is 330 g/mol. The molecule has 1 heterocycles. The zero-order chi connectivity index (χ0) is 17.6. The molecule has 1 saturated heterocycles. The number of guanidine groups is 1. The van der Waals surface area contributed by atoms with Crippen molar-refractivity contribution < 1.29 is 0 Å². The van der Waals surface area contributed by atoms with Crippen LogP contribution in [-0.2, 0) is 13.1 Å². The van der Waals surface area contributed by atoms with Gasteiger partial charge in [0.25, 0.3) is 0 Å². The Balaban J connectivity index is 2.00. The maximum atomic E-state index is 4.33. The molecular formula is C20H34N4. The Morgan fingerprint density at radius 3 is 2.54 bits per heavy atom. The van der Waals surface area contributed by atoms with Crippen LogP contribution in [-0.4, -0.2) is 36.0 Å². The number of likely N-dealkylation sites (tertiary alicyclic amines) is 1. The minimum atomic E-state index is 0.00456. The van der Waals surface area contributed by atoms with E-state index in [0.29, 0.717) is 6.04 Å². The second-order valence-electron chi connectivity index (χ2n) is 7.88. The number of hydrogen-bond donors (Lipinski definition) is 2. The standard InChI is InChI=1S/C20H34N4/c1-16-10-8-9-13-24(16)15-18-12-7-6-11-17(18)14-22-19(21-5)23-20(2,3)4/h6-7,11-12,16H,8-10,13-15H2,1-5H3,(H2,21,22,23). The molecule has 4 nitrogen and oxygen atoms in total. The molecule has 0 amide bonds. The molecule has 4 heteroatoms. The third-order valence-electron chi connectivity index (χ3n) is 4.60. The third-order valence-corrected chi connectivity index (χ3v) is 4.60. The summed E-state index contributed by atoms with van der Waals surface area (Å²) in [5.41, 5.74) is 2.78. The summed E-state index contributed by atoms with van der Waals surface area (Å²) in [4.78, 5) is 6.95. The first-order valence-corrected chi connectivity index (χ1v) is 9.19. The van der Waals surface area contributed by atoms with E-state index in [4.69, 9.17) is 0 Å². The van der Waals surface area contributed by atoms with Crippen molar-refractivity contribution >= 4 is 5.96 Å². The topological polar surface area (TPSA) is 39.7 Å². The number of piperidine rings is 1. The number of hydrogen-bond acceptors (Lipinski definition) is 2. The fourth-order valence-electron chi connectivity index (χ4n) is 3.21. The highest BCUT2D eigenvalue weighted by atomic mass is 15.2. The molecule has 0 aliphatic carbocycles. The quantitative estimate of drug-likeness (QED) is 0.655. The first-order chi connectivity index (χ1) is 11.4. The maximum absolute atomic E-state index is 4.33. The Morgan fingerprint density at radius 1 is 1.21 bits per heavy atom. The van der Waals surface area contributed by atoms with Gasteiger partial charge < -0.3 is 10.6 Å². The molecule has 0 bridgehead atoms. The average molecular weight is 331 g/mol. The average Bonchev–Trinajstić information content (AvgIpc) is 2.53. The van der Waals surface area contributed by atoms with Crippen LogP contribution in [0.15, 0.2) is 29.3 Å². The van der Waals surface area contributed by atoms with Crippen molar-refractivity contribution in [3.05, 3.63) is 35.4 Å². The van der Waals surface area contributed by atoms with Crippen molar-refractivity contribution in [3.8, 4) is 0 Å². The molecule has 1 atom stereocenters. The first-order valence-electron chi connectivity index (χ1n) is 9.19. The lowest BCUT2D eigenvalue weighted by molar-refractivity contribution is 0.152. The molecule has 0 saturated carbocycles. The van der Waals surface area contributed by atoms with E-state index in [9.17, 15) is 0 Å². The van der Waals surface area contributed by atoms with Crippen molar-refractivity contribution in [3.63, 3.8) is 0 Å². The Morgan fingerprint density at radius 2 is 1.92 bits per heavy atom. The molecule has 1 aliphatic rings. The summed E-state index contributed by atoms with van der Waals surface area (Å²) in [6.07, 6.45) is 4.02. The van der Waals surface area contributed by atoms with E-state index in [0.717, 1.165) is 19.0 Å². The van der Waals surface area contributed by atoms with E-state index in [2.05, 4.69) is 72.5 Å². The van der Waals surface area contributed by atoms with Gasteiger partial charge in [-0.25, -0.2) is 0 Å². The van der Waals surface area contributed by atoms with Crippen LogP contribution in [0.2, 0.25) is 0 Å². The van der Waals surface area contributed by atoms with Gasteiger partial charge in [0.2, 0.25) is 0 Å². The van der Waals surface area contributed by atoms with Crippen molar-refractivity contribution in [1.82, 2.24) is 15.5 Å². The van der Waals surface area contributed by atoms with Crippen molar-refractivity contribution in [1.29, 1.82) is 0 Å². The molecule has 2 N–H and O–H groups in total. The number of nitrogens with one attached hydrogen (secondary N) is 2. The van der Waals surface area contributed by atoms with Crippen LogP contribution in [0.4, 0.5) is 0 Å². The van der Waals surface area contributed by atoms with Gasteiger partial charge in [-0.3, -0.25) is 9.89 Å². The van der Waals surface area contributed by atoms with Gasteiger partial charge in [0, 0.05) is 31.7 Å². The van der Waals surface area contributed by atoms with E-state index in [-0.39, 0.29) is 5.54 Å². The summed E-state index contributed by atoms with van der Waals surface area (Å²) < 4.78 is 0. The SMILES string of the molecule is CN=C(NCc1ccccc1CN1CCCCC1C)NC(C)(C)C. The lowest BCUT2D eigenvalue weighted by atomic mass is 10.0. The number of nitrogens with zero attached hydrogens (tertiary/aromatic N) is 2. The van der Waals surface area contributed by atoms with Crippen LogP contribution in [0.5, 0.6) is 0 Å². The van der Waals surface area contributed by atoms with E-state index in [1.54, 1.807) is 0 Å². The summed E-state index contributed by atoms with van der Waals surface area (Å²) in [6.45, 7) is 11.9. The van der Waals surface area contributed by atoms with E-state index >= 15 is 0 Å². The Kier molecular flexibility index (Phi) is 6.67. The van der Waals surface area contributed by atoms with Gasteiger partial charge >= 0.3 is 0 Å². The van der Waals surface area contributed by atoms with Crippen LogP contribution in [0.1, 0.15) is 58.1 Å². The van der Waals surface area contributed by atoms with Crippen LogP contribution in [0.25, 0.3) is 0 Å². The van der Waals surface area contributed by atoms with Gasteiger partial charge in [-0.15, -0.1) is 0 Å².